The molecule has 106 valence electrons. The summed E-state index contributed by atoms with van der Waals surface area (Å²) in [4.78, 5) is 5.43. The zero-order chi connectivity index (χ0) is 14.2. The van der Waals surface area contributed by atoms with E-state index in [1.165, 1.54) is 0 Å². The molecule has 0 amide bonds. The lowest BCUT2D eigenvalue weighted by Gasteiger charge is -2.10. The summed E-state index contributed by atoms with van der Waals surface area (Å²) in [5.41, 5.74) is 5.14. The molecule has 0 aliphatic rings. The molecule has 2 aromatic rings. The topological polar surface area (TPSA) is 39.7 Å². The summed E-state index contributed by atoms with van der Waals surface area (Å²) in [6, 6.07) is 15.8. The van der Waals surface area contributed by atoms with Crippen LogP contribution in [0.15, 0.2) is 48.5 Å². The molecule has 0 heterocycles. The minimum absolute atomic E-state index is 0.536. The van der Waals surface area contributed by atoms with E-state index in [2.05, 4.69) is 5.48 Å². The molecular weight excluding hydrogens is 254 g/mol. The first-order valence-corrected chi connectivity index (χ1v) is 6.43. The van der Waals surface area contributed by atoms with E-state index in [4.69, 9.17) is 14.3 Å². The van der Waals surface area contributed by atoms with Gasteiger partial charge in [-0.2, -0.15) is 5.48 Å². The monoisotopic (exact) mass is 273 g/mol. The van der Waals surface area contributed by atoms with Crippen LogP contribution in [0.1, 0.15) is 11.1 Å². The molecule has 0 aliphatic heterocycles. The molecule has 4 heteroatoms. The fourth-order valence-corrected chi connectivity index (χ4v) is 1.83. The van der Waals surface area contributed by atoms with E-state index in [1.807, 2.05) is 48.5 Å². The molecule has 4 nitrogen and oxygen atoms in total. The highest BCUT2D eigenvalue weighted by Crippen LogP contribution is 2.27. The number of hydrogen-bond acceptors (Lipinski definition) is 4. The standard InChI is InChI=1S/C16H19NO3/c1-18-15-9-8-14(10-16(15)19-2)11-17-20-12-13-6-4-3-5-7-13/h3-10,17H,11-12H2,1-2H3. The molecule has 0 bridgehead atoms. The average Bonchev–Trinajstić information content (AvgIpc) is 2.52. The Bertz CT molecular complexity index is 529. The second-order valence-electron chi connectivity index (χ2n) is 4.28. The van der Waals surface area contributed by atoms with Crippen LogP contribution in [0.2, 0.25) is 0 Å². The van der Waals surface area contributed by atoms with Crippen molar-refractivity contribution in [1.29, 1.82) is 0 Å². The first-order valence-electron chi connectivity index (χ1n) is 6.43. The summed E-state index contributed by atoms with van der Waals surface area (Å²) in [5.74, 6) is 1.44. The molecular formula is C16H19NO3. The second-order valence-corrected chi connectivity index (χ2v) is 4.28. The van der Waals surface area contributed by atoms with Gasteiger partial charge in [0.1, 0.15) is 0 Å². The normalized spacial score (nSPS) is 10.3. The van der Waals surface area contributed by atoms with E-state index >= 15 is 0 Å². The summed E-state index contributed by atoms with van der Waals surface area (Å²) in [5, 5.41) is 0. The molecule has 0 saturated carbocycles. The van der Waals surface area contributed by atoms with E-state index in [0.29, 0.717) is 13.2 Å². The van der Waals surface area contributed by atoms with E-state index in [-0.39, 0.29) is 0 Å². The Kier molecular flexibility index (Phi) is 5.41. The lowest BCUT2D eigenvalue weighted by molar-refractivity contribution is 0.0235. The second kappa shape index (κ2) is 7.53. The number of ether oxygens (including phenoxy) is 2. The first-order chi connectivity index (χ1) is 9.83. The number of methoxy groups -OCH3 is 2. The fraction of sp³-hybridized carbons (Fsp3) is 0.250. The molecule has 0 fully saturated rings. The third kappa shape index (κ3) is 3.98. The van der Waals surface area contributed by atoms with Gasteiger partial charge in [0, 0.05) is 6.54 Å². The summed E-state index contributed by atoms with van der Waals surface area (Å²) in [7, 11) is 3.25. The Hall–Kier alpha value is -2.04. The maximum absolute atomic E-state index is 5.43. The van der Waals surface area contributed by atoms with Gasteiger partial charge in [0.15, 0.2) is 11.5 Å². The van der Waals surface area contributed by atoms with Gasteiger partial charge in [-0.1, -0.05) is 36.4 Å². The van der Waals surface area contributed by atoms with Gasteiger partial charge < -0.3 is 9.47 Å². The summed E-state index contributed by atoms with van der Waals surface area (Å²) < 4.78 is 10.5. The Morgan fingerprint density at radius 3 is 2.30 bits per heavy atom. The van der Waals surface area contributed by atoms with Crippen LogP contribution in [0, 0.1) is 0 Å². The average molecular weight is 273 g/mol. The third-order valence-electron chi connectivity index (χ3n) is 2.91. The molecule has 0 spiro atoms. The highest BCUT2D eigenvalue weighted by Gasteiger charge is 2.04. The Balaban J connectivity index is 1.82. The van der Waals surface area contributed by atoms with Crippen molar-refractivity contribution in [3.8, 4) is 11.5 Å². The minimum Gasteiger partial charge on any atom is -0.493 e. The molecule has 0 unspecified atom stereocenters. The summed E-state index contributed by atoms with van der Waals surface area (Å²) in [6.07, 6.45) is 0. The zero-order valence-electron chi connectivity index (χ0n) is 11.8. The van der Waals surface area contributed by atoms with Crippen molar-refractivity contribution in [2.24, 2.45) is 0 Å². The molecule has 0 saturated heterocycles. The van der Waals surface area contributed by atoms with Crippen molar-refractivity contribution in [3.63, 3.8) is 0 Å². The number of hydrogen-bond donors (Lipinski definition) is 1. The van der Waals surface area contributed by atoms with Crippen LogP contribution in [0.25, 0.3) is 0 Å². The third-order valence-corrected chi connectivity index (χ3v) is 2.91. The van der Waals surface area contributed by atoms with Crippen LogP contribution in [-0.4, -0.2) is 14.2 Å². The van der Waals surface area contributed by atoms with Gasteiger partial charge in [-0.15, -0.1) is 0 Å². The van der Waals surface area contributed by atoms with Crippen LogP contribution in [0.4, 0.5) is 0 Å². The van der Waals surface area contributed by atoms with Crippen molar-refractivity contribution in [1.82, 2.24) is 5.48 Å². The largest absolute Gasteiger partial charge is 0.493 e. The van der Waals surface area contributed by atoms with Gasteiger partial charge in [-0.05, 0) is 23.3 Å². The van der Waals surface area contributed by atoms with Crippen LogP contribution in [0.5, 0.6) is 11.5 Å². The van der Waals surface area contributed by atoms with Crippen molar-refractivity contribution in [3.05, 3.63) is 59.7 Å². The van der Waals surface area contributed by atoms with Gasteiger partial charge in [0.25, 0.3) is 0 Å². The molecule has 0 radical (unpaired) electrons. The molecule has 2 aromatic carbocycles. The Morgan fingerprint density at radius 2 is 1.60 bits per heavy atom. The lowest BCUT2D eigenvalue weighted by atomic mass is 10.2. The SMILES string of the molecule is COc1ccc(CNOCc2ccccc2)cc1OC. The van der Waals surface area contributed by atoms with Crippen LogP contribution in [-0.2, 0) is 18.0 Å². The maximum atomic E-state index is 5.43. The lowest BCUT2D eigenvalue weighted by Crippen LogP contribution is -2.13. The van der Waals surface area contributed by atoms with E-state index < -0.39 is 0 Å². The first kappa shape index (κ1) is 14.4. The van der Waals surface area contributed by atoms with Crippen LogP contribution >= 0.6 is 0 Å². The van der Waals surface area contributed by atoms with E-state index in [0.717, 1.165) is 22.6 Å². The number of rotatable bonds is 7. The van der Waals surface area contributed by atoms with Gasteiger partial charge >= 0.3 is 0 Å². The summed E-state index contributed by atoms with van der Waals surface area (Å²) in [6.45, 7) is 1.14. The molecule has 2 rings (SSSR count). The molecule has 0 atom stereocenters. The fourth-order valence-electron chi connectivity index (χ4n) is 1.83. The number of hydroxylamine groups is 1. The van der Waals surface area contributed by atoms with Crippen LogP contribution < -0.4 is 15.0 Å². The highest BCUT2D eigenvalue weighted by atomic mass is 16.6. The van der Waals surface area contributed by atoms with Gasteiger partial charge in [-0.25, -0.2) is 0 Å². The quantitative estimate of drug-likeness (QED) is 0.622. The zero-order valence-corrected chi connectivity index (χ0v) is 11.8. The summed E-state index contributed by atoms with van der Waals surface area (Å²) >= 11 is 0. The smallest absolute Gasteiger partial charge is 0.161 e. The van der Waals surface area contributed by atoms with Crippen molar-refractivity contribution in [2.75, 3.05) is 14.2 Å². The van der Waals surface area contributed by atoms with E-state index in [1.54, 1.807) is 14.2 Å². The Labute approximate surface area is 119 Å². The predicted octanol–water partition coefficient (Wildman–Crippen LogP) is 2.93. The van der Waals surface area contributed by atoms with Crippen molar-refractivity contribution >= 4 is 0 Å². The molecule has 20 heavy (non-hydrogen) atoms. The molecule has 1 N–H and O–H groups in total. The van der Waals surface area contributed by atoms with Gasteiger partial charge in [0.05, 0.1) is 20.8 Å². The van der Waals surface area contributed by atoms with Crippen molar-refractivity contribution in [2.45, 2.75) is 13.2 Å². The maximum Gasteiger partial charge on any atom is 0.161 e. The van der Waals surface area contributed by atoms with Gasteiger partial charge in [0.2, 0.25) is 0 Å². The Morgan fingerprint density at radius 1 is 0.850 bits per heavy atom. The highest BCUT2D eigenvalue weighted by molar-refractivity contribution is 5.42. The molecule has 0 aromatic heterocycles. The van der Waals surface area contributed by atoms with Crippen LogP contribution in [0.3, 0.4) is 0 Å². The van der Waals surface area contributed by atoms with Crippen molar-refractivity contribution < 1.29 is 14.3 Å². The van der Waals surface area contributed by atoms with E-state index in [9.17, 15) is 0 Å². The number of benzene rings is 2. The minimum atomic E-state index is 0.536. The molecule has 0 aliphatic carbocycles. The van der Waals surface area contributed by atoms with Gasteiger partial charge in [-0.3, -0.25) is 4.84 Å². The number of nitrogens with one attached hydrogen (secondary N) is 1. The predicted molar refractivity (Wildman–Crippen MR) is 77.6 cm³/mol.